The lowest BCUT2D eigenvalue weighted by atomic mass is 10.1. The first-order chi connectivity index (χ1) is 14.2. The molecule has 2 aromatic carbocycles. The quantitative estimate of drug-likeness (QED) is 0.321. The lowest BCUT2D eigenvalue weighted by Gasteiger charge is -2.13. The summed E-state index contributed by atoms with van der Waals surface area (Å²) in [6.45, 7) is 0.413. The minimum absolute atomic E-state index is 0.207. The van der Waals surface area contributed by atoms with Crippen LogP contribution in [-0.2, 0) is 0 Å². The molecule has 2 amide bonds. The van der Waals surface area contributed by atoms with Crippen LogP contribution in [0.1, 0.15) is 33.6 Å². The summed E-state index contributed by atoms with van der Waals surface area (Å²) >= 11 is 1.54. The van der Waals surface area contributed by atoms with Crippen molar-refractivity contribution in [2.45, 2.75) is 18.0 Å². The number of thioether (sulfide) groups is 1. The molecule has 0 fully saturated rings. The highest BCUT2D eigenvalue weighted by molar-refractivity contribution is 7.99. The van der Waals surface area contributed by atoms with Crippen LogP contribution in [0.3, 0.4) is 0 Å². The first-order valence-corrected chi connectivity index (χ1v) is 10.2. The largest absolute Gasteiger partial charge is 0.497 e. The first-order valence-electron chi connectivity index (χ1n) is 9.20. The average Bonchev–Trinajstić information content (AvgIpc) is 3.32. The SMILES string of the molecule is COc1ccc(-n2nnnc2SCCCCN2C(=O)c3ccccc3C2=O)cc1. The van der Waals surface area contributed by atoms with E-state index in [0.29, 0.717) is 22.8 Å². The normalized spacial score (nSPS) is 13.1. The molecule has 148 valence electrons. The van der Waals surface area contributed by atoms with Crippen molar-refractivity contribution in [1.29, 1.82) is 0 Å². The molecule has 2 heterocycles. The van der Waals surface area contributed by atoms with Gasteiger partial charge in [0.15, 0.2) is 0 Å². The number of unbranched alkanes of at least 4 members (excludes halogenated alkanes) is 1. The molecule has 0 saturated carbocycles. The number of imide groups is 1. The van der Waals surface area contributed by atoms with Gasteiger partial charge in [-0.2, -0.15) is 4.68 Å². The van der Waals surface area contributed by atoms with Gasteiger partial charge in [-0.1, -0.05) is 23.9 Å². The minimum atomic E-state index is -0.207. The third-order valence-electron chi connectivity index (χ3n) is 4.64. The van der Waals surface area contributed by atoms with Crippen molar-refractivity contribution in [1.82, 2.24) is 25.1 Å². The molecule has 3 aromatic rings. The van der Waals surface area contributed by atoms with Crippen molar-refractivity contribution in [2.75, 3.05) is 19.4 Å². The molecule has 0 unspecified atom stereocenters. The van der Waals surface area contributed by atoms with Gasteiger partial charge in [0.25, 0.3) is 11.8 Å². The summed E-state index contributed by atoms with van der Waals surface area (Å²) in [7, 11) is 1.62. The van der Waals surface area contributed by atoms with Gasteiger partial charge in [-0.05, 0) is 59.7 Å². The maximum absolute atomic E-state index is 12.4. The third kappa shape index (κ3) is 3.86. The van der Waals surface area contributed by atoms with Gasteiger partial charge in [0.1, 0.15) is 5.75 Å². The summed E-state index contributed by atoms with van der Waals surface area (Å²) in [6, 6.07) is 14.4. The Morgan fingerprint density at radius 2 is 1.66 bits per heavy atom. The van der Waals surface area contributed by atoms with Gasteiger partial charge in [0.05, 0.1) is 23.9 Å². The molecular weight excluding hydrogens is 390 g/mol. The van der Waals surface area contributed by atoms with Crippen molar-refractivity contribution in [3.63, 3.8) is 0 Å². The number of tetrazole rings is 1. The zero-order valence-electron chi connectivity index (χ0n) is 15.8. The Morgan fingerprint density at radius 1 is 0.966 bits per heavy atom. The number of aromatic nitrogens is 4. The summed E-state index contributed by atoms with van der Waals surface area (Å²) in [6.07, 6.45) is 1.55. The molecule has 29 heavy (non-hydrogen) atoms. The van der Waals surface area contributed by atoms with E-state index >= 15 is 0 Å². The maximum Gasteiger partial charge on any atom is 0.261 e. The van der Waals surface area contributed by atoms with E-state index in [1.807, 2.05) is 24.3 Å². The highest BCUT2D eigenvalue weighted by Crippen LogP contribution is 2.24. The second kappa shape index (κ2) is 8.44. The van der Waals surface area contributed by atoms with Crippen LogP contribution in [0.2, 0.25) is 0 Å². The molecule has 0 N–H and O–H groups in total. The number of carbonyl (C=O) groups excluding carboxylic acids is 2. The highest BCUT2D eigenvalue weighted by Gasteiger charge is 2.34. The fourth-order valence-electron chi connectivity index (χ4n) is 3.13. The summed E-state index contributed by atoms with van der Waals surface area (Å²) in [5, 5.41) is 12.6. The summed E-state index contributed by atoms with van der Waals surface area (Å²) < 4.78 is 6.84. The number of hydrogen-bond acceptors (Lipinski definition) is 7. The standard InChI is InChI=1S/C20H19N5O3S/c1-28-15-10-8-14(9-11-15)25-20(21-22-23-25)29-13-5-4-12-24-18(26)16-6-2-3-7-17(16)19(24)27/h2-3,6-11H,4-5,12-13H2,1H3. The second-order valence-corrected chi connectivity index (χ2v) is 7.50. The van der Waals surface area contributed by atoms with Gasteiger partial charge < -0.3 is 4.74 Å². The number of amides is 2. The molecular formula is C20H19N5O3S. The van der Waals surface area contributed by atoms with Crippen molar-refractivity contribution < 1.29 is 14.3 Å². The Balaban J connectivity index is 1.28. The topological polar surface area (TPSA) is 90.2 Å². The summed E-state index contributed by atoms with van der Waals surface area (Å²) in [5.41, 5.74) is 1.83. The molecule has 0 atom stereocenters. The number of benzene rings is 2. The Labute approximate surface area is 171 Å². The Bertz CT molecular complexity index is 1000. The molecule has 0 aliphatic carbocycles. The lowest BCUT2D eigenvalue weighted by molar-refractivity contribution is 0.0652. The van der Waals surface area contributed by atoms with E-state index in [2.05, 4.69) is 15.5 Å². The lowest BCUT2D eigenvalue weighted by Crippen LogP contribution is -2.30. The van der Waals surface area contributed by atoms with Crippen molar-refractivity contribution >= 4 is 23.6 Å². The van der Waals surface area contributed by atoms with Crippen molar-refractivity contribution in [2.24, 2.45) is 0 Å². The Hall–Kier alpha value is -3.20. The number of carbonyl (C=O) groups is 2. The van der Waals surface area contributed by atoms with E-state index in [0.717, 1.165) is 30.0 Å². The van der Waals surface area contributed by atoms with Gasteiger partial charge in [-0.15, -0.1) is 5.10 Å². The van der Waals surface area contributed by atoms with Crippen LogP contribution >= 0.6 is 11.8 Å². The molecule has 9 heteroatoms. The smallest absolute Gasteiger partial charge is 0.261 e. The molecule has 1 aliphatic heterocycles. The van der Waals surface area contributed by atoms with Crippen molar-refractivity contribution in [3.05, 3.63) is 59.7 Å². The molecule has 0 spiro atoms. The first kappa shape index (κ1) is 19.1. The number of fused-ring (bicyclic) bond motifs is 1. The van der Waals surface area contributed by atoms with E-state index in [-0.39, 0.29) is 11.8 Å². The summed E-state index contributed by atoms with van der Waals surface area (Å²) in [4.78, 5) is 26.1. The second-order valence-electron chi connectivity index (χ2n) is 6.43. The molecule has 0 saturated heterocycles. The fourth-order valence-corrected chi connectivity index (χ4v) is 4.02. The number of rotatable bonds is 8. The van der Waals surface area contributed by atoms with Crippen LogP contribution in [0, 0.1) is 0 Å². The average molecular weight is 409 g/mol. The van der Waals surface area contributed by atoms with Crippen LogP contribution in [0.25, 0.3) is 5.69 Å². The highest BCUT2D eigenvalue weighted by atomic mass is 32.2. The zero-order chi connectivity index (χ0) is 20.2. The minimum Gasteiger partial charge on any atom is -0.497 e. The number of nitrogens with zero attached hydrogens (tertiary/aromatic N) is 5. The predicted molar refractivity (Wildman–Crippen MR) is 107 cm³/mol. The van der Waals surface area contributed by atoms with Crippen LogP contribution in [-0.4, -0.2) is 56.3 Å². The van der Waals surface area contributed by atoms with E-state index in [9.17, 15) is 9.59 Å². The molecule has 1 aliphatic rings. The maximum atomic E-state index is 12.4. The van der Waals surface area contributed by atoms with E-state index < -0.39 is 0 Å². The van der Waals surface area contributed by atoms with Gasteiger partial charge >= 0.3 is 0 Å². The predicted octanol–water partition coefficient (Wildman–Crippen LogP) is 2.84. The van der Waals surface area contributed by atoms with E-state index in [1.54, 1.807) is 36.1 Å². The van der Waals surface area contributed by atoms with Crippen LogP contribution in [0.15, 0.2) is 53.7 Å². The van der Waals surface area contributed by atoms with E-state index in [4.69, 9.17) is 4.74 Å². The molecule has 8 nitrogen and oxygen atoms in total. The molecule has 4 rings (SSSR count). The van der Waals surface area contributed by atoms with Crippen molar-refractivity contribution in [3.8, 4) is 11.4 Å². The number of methoxy groups -OCH3 is 1. The Morgan fingerprint density at radius 3 is 2.31 bits per heavy atom. The molecule has 0 radical (unpaired) electrons. The number of ether oxygens (including phenoxy) is 1. The van der Waals surface area contributed by atoms with Crippen LogP contribution in [0.5, 0.6) is 5.75 Å². The van der Waals surface area contributed by atoms with Gasteiger partial charge in [0.2, 0.25) is 5.16 Å². The Kier molecular flexibility index (Phi) is 5.57. The molecule has 0 bridgehead atoms. The molecule has 1 aromatic heterocycles. The van der Waals surface area contributed by atoms with Gasteiger partial charge in [0, 0.05) is 12.3 Å². The van der Waals surface area contributed by atoms with E-state index in [1.165, 1.54) is 16.7 Å². The number of hydrogen-bond donors (Lipinski definition) is 0. The monoisotopic (exact) mass is 409 g/mol. The van der Waals surface area contributed by atoms with Gasteiger partial charge in [-0.25, -0.2) is 0 Å². The summed E-state index contributed by atoms with van der Waals surface area (Å²) in [5.74, 6) is 1.13. The van der Waals surface area contributed by atoms with Crippen LogP contribution < -0.4 is 4.74 Å². The van der Waals surface area contributed by atoms with Crippen LogP contribution in [0.4, 0.5) is 0 Å². The van der Waals surface area contributed by atoms with Gasteiger partial charge in [-0.3, -0.25) is 14.5 Å². The third-order valence-corrected chi connectivity index (χ3v) is 5.65. The fraction of sp³-hybridized carbons (Fsp3) is 0.250. The zero-order valence-corrected chi connectivity index (χ0v) is 16.6.